The average Bonchev–Trinajstić information content (AvgIpc) is 3.05. The van der Waals surface area contributed by atoms with E-state index < -0.39 is 17.5 Å². The minimum atomic E-state index is -1.04. The molecule has 0 aliphatic heterocycles. The van der Waals surface area contributed by atoms with Gasteiger partial charge in [0, 0.05) is 30.6 Å². The summed E-state index contributed by atoms with van der Waals surface area (Å²) in [5.41, 5.74) is -0.244. The van der Waals surface area contributed by atoms with Crippen molar-refractivity contribution >= 4 is 41.5 Å². The molecule has 1 aromatic heterocycles. The maximum Gasteiger partial charge on any atom is 0.329 e. The molecule has 0 atom stereocenters. The highest BCUT2D eigenvalue weighted by Crippen LogP contribution is 2.35. The summed E-state index contributed by atoms with van der Waals surface area (Å²) in [6.07, 6.45) is 2.89. The lowest BCUT2D eigenvalue weighted by molar-refractivity contribution is -0.143. The Bertz CT molecular complexity index is 1330. The van der Waals surface area contributed by atoms with Crippen LogP contribution in [0.3, 0.4) is 0 Å². The van der Waals surface area contributed by atoms with Crippen molar-refractivity contribution in [1.82, 2.24) is 15.6 Å². The Balaban J connectivity index is 1.56. The number of rotatable bonds is 27. The summed E-state index contributed by atoms with van der Waals surface area (Å²) in [6.45, 7) is 9.57. The van der Waals surface area contributed by atoms with Gasteiger partial charge in [0.05, 0.1) is 45.2 Å². The summed E-state index contributed by atoms with van der Waals surface area (Å²) >= 11 is 1.37. The quantitative estimate of drug-likeness (QED) is 0.0660. The number of amides is 2. The first-order chi connectivity index (χ1) is 23.7. The highest BCUT2D eigenvalue weighted by Gasteiger charge is 2.31. The van der Waals surface area contributed by atoms with Gasteiger partial charge in [-0.1, -0.05) is 13.8 Å². The first-order valence-electron chi connectivity index (χ1n) is 16.2. The second-order valence-electron chi connectivity index (χ2n) is 12.5. The van der Waals surface area contributed by atoms with Crippen molar-refractivity contribution in [1.29, 1.82) is 0 Å². The van der Waals surface area contributed by atoms with Gasteiger partial charge >= 0.3 is 11.9 Å². The summed E-state index contributed by atoms with van der Waals surface area (Å²) < 4.78 is 30.1. The van der Waals surface area contributed by atoms with Crippen molar-refractivity contribution in [3.05, 3.63) is 48.2 Å². The molecule has 0 saturated heterocycles. The number of ether oxygens (including phenoxy) is 5. The van der Waals surface area contributed by atoms with Gasteiger partial charge in [0.1, 0.15) is 30.4 Å². The van der Waals surface area contributed by atoms with Crippen molar-refractivity contribution in [3.63, 3.8) is 0 Å². The minimum Gasteiger partial charge on any atom is -0.488 e. The Kier molecular flexibility index (Phi) is 19.2. The number of carbonyl (C=O) groups excluding carboxylic acids is 2. The number of carboxylic acids is 2. The third-order valence-electron chi connectivity index (χ3n) is 6.74. The van der Waals surface area contributed by atoms with Gasteiger partial charge in [0.15, 0.2) is 0 Å². The van der Waals surface area contributed by atoms with Crippen molar-refractivity contribution < 1.29 is 53.1 Å². The monoisotopic (exact) mass is 722 g/mol. The summed E-state index contributed by atoms with van der Waals surface area (Å²) in [6, 6.07) is 11.0. The lowest BCUT2D eigenvalue weighted by Crippen LogP contribution is -2.34. The van der Waals surface area contributed by atoms with E-state index in [1.165, 1.54) is 18.1 Å². The molecule has 2 rings (SSSR count). The van der Waals surface area contributed by atoms with E-state index in [2.05, 4.69) is 34.2 Å². The van der Waals surface area contributed by atoms with Crippen LogP contribution in [0.15, 0.2) is 47.5 Å². The van der Waals surface area contributed by atoms with Crippen LogP contribution < -0.4 is 20.1 Å². The SMILES string of the molecule is CC(C)(CCC(=O)O)CC(C)(C)Oc1ccc(SNc2ccc(C(=O)NCCOCCOCC(=O)NCCOCCOCC(=O)O)cn2)cc1. The van der Waals surface area contributed by atoms with Crippen LogP contribution in [0.1, 0.15) is 57.3 Å². The van der Waals surface area contributed by atoms with Gasteiger partial charge in [0.2, 0.25) is 5.91 Å². The molecule has 0 saturated carbocycles. The Hall–Kier alpha value is -3.96. The molecule has 0 aliphatic carbocycles. The molecule has 50 heavy (non-hydrogen) atoms. The number of aliphatic carboxylic acids is 2. The molecule has 2 amide bonds. The number of carbonyl (C=O) groups is 4. The predicted molar refractivity (Wildman–Crippen MR) is 186 cm³/mol. The number of benzene rings is 1. The van der Waals surface area contributed by atoms with E-state index in [0.29, 0.717) is 24.2 Å². The summed E-state index contributed by atoms with van der Waals surface area (Å²) in [5, 5.41) is 22.9. The Morgan fingerprint density at radius 1 is 0.760 bits per heavy atom. The number of anilines is 1. The third-order valence-corrected chi connectivity index (χ3v) is 7.56. The van der Waals surface area contributed by atoms with Gasteiger partial charge in [-0.15, -0.1) is 0 Å². The number of nitrogens with zero attached hydrogens (tertiary/aromatic N) is 1. The molecule has 0 unspecified atom stereocenters. The predicted octanol–water partition coefficient (Wildman–Crippen LogP) is 3.64. The molecular formula is C34H50N4O11S. The van der Waals surface area contributed by atoms with Crippen LogP contribution in [0.5, 0.6) is 5.75 Å². The average molecular weight is 723 g/mol. The molecule has 278 valence electrons. The molecule has 0 spiro atoms. The maximum absolute atomic E-state index is 12.4. The van der Waals surface area contributed by atoms with E-state index in [0.717, 1.165) is 10.6 Å². The molecule has 1 heterocycles. The summed E-state index contributed by atoms with van der Waals surface area (Å²) in [5.74, 6) is -1.11. The largest absolute Gasteiger partial charge is 0.488 e. The molecule has 2 aromatic rings. The topological polar surface area (TPSA) is 204 Å². The number of pyridine rings is 1. The second kappa shape index (κ2) is 22.7. The fourth-order valence-electron chi connectivity index (χ4n) is 4.73. The fraction of sp³-hybridized carbons (Fsp3) is 0.559. The van der Waals surface area contributed by atoms with Crippen molar-refractivity contribution in [3.8, 4) is 5.75 Å². The molecule has 5 N–H and O–H groups in total. The van der Waals surface area contributed by atoms with Crippen LogP contribution in [0.25, 0.3) is 0 Å². The number of carboxylic acid groups (broad SMARTS) is 2. The molecule has 0 aliphatic rings. The Labute approximate surface area is 297 Å². The second-order valence-corrected chi connectivity index (χ2v) is 13.4. The Morgan fingerprint density at radius 3 is 1.98 bits per heavy atom. The highest BCUT2D eigenvalue weighted by molar-refractivity contribution is 8.00. The summed E-state index contributed by atoms with van der Waals surface area (Å²) in [7, 11) is 0. The fourth-order valence-corrected chi connectivity index (χ4v) is 5.35. The number of hydrogen-bond donors (Lipinski definition) is 5. The Morgan fingerprint density at radius 2 is 1.38 bits per heavy atom. The van der Waals surface area contributed by atoms with Gasteiger partial charge in [0.25, 0.3) is 5.91 Å². The van der Waals surface area contributed by atoms with Gasteiger partial charge < -0.3 is 49.3 Å². The molecule has 0 radical (unpaired) electrons. The third kappa shape index (κ3) is 19.9. The van der Waals surface area contributed by atoms with E-state index in [1.54, 1.807) is 12.1 Å². The molecule has 0 fully saturated rings. The first kappa shape index (κ1) is 42.2. The summed E-state index contributed by atoms with van der Waals surface area (Å²) in [4.78, 5) is 50.7. The number of hydrogen-bond acceptors (Lipinski definition) is 12. The normalized spacial score (nSPS) is 11.5. The smallest absolute Gasteiger partial charge is 0.329 e. The van der Waals surface area contributed by atoms with Gasteiger partial charge in [-0.05, 0) is 80.5 Å². The van der Waals surface area contributed by atoms with Gasteiger partial charge in [-0.25, -0.2) is 9.78 Å². The van der Waals surface area contributed by atoms with E-state index in [-0.39, 0.29) is 89.6 Å². The molecular weight excluding hydrogens is 672 g/mol. The standard InChI is InChI=1S/C34H50N4O11S/c1-33(2,12-11-30(40)41)24-34(3,4)49-26-6-8-27(9-7-26)50-38-28-10-5-25(21-37-28)32(44)36-14-16-46-17-19-47-22-29(39)35-13-15-45-18-20-48-23-31(42)43/h5-10,21H,11-20,22-24H2,1-4H3,(H,35,39)(H,36,44)(H,37,38)(H,40,41)(H,42,43). The highest BCUT2D eigenvalue weighted by atomic mass is 32.2. The van der Waals surface area contributed by atoms with Crippen LogP contribution in [0.4, 0.5) is 5.82 Å². The molecule has 1 aromatic carbocycles. The zero-order valence-corrected chi connectivity index (χ0v) is 30.0. The van der Waals surface area contributed by atoms with E-state index in [1.807, 2.05) is 38.1 Å². The van der Waals surface area contributed by atoms with E-state index in [4.69, 9.17) is 33.9 Å². The van der Waals surface area contributed by atoms with E-state index in [9.17, 15) is 19.2 Å². The molecule has 16 heteroatoms. The van der Waals surface area contributed by atoms with Crippen LogP contribution in [0, 0.1) is 5.41 Å². The lowest BCUT2D eigenvalue weighted by atomic mass is 9.78. The zero-order chi connectivity index (χ0) is 36.8. The molecule has 0 bridgehead atoms. The van der Waals surface area contributed by atoms with E-state index >= 15 is 0 Å². The minimum absolute atomic E-state index is 0.128. The lowest BCUT2D eigenvalue weighted by Gasteiger charge is -2.35. The van der Waals surface area contributed by atoms with Crippen LogP contribution in [-0.2, 0) is 33.3 Å². The number of nitrogens with one attached hydrogen (secondary N) is 3. The maximum atomic E-state index is 12.4. The van der Waals surface area contributed by atoms with Gasteiger partial charge in [-0.2, -0.15) is 0 Å². The number of aromatic nitrogens is 1. The van der Waals surface area contributed by atoms with Gasteiger partial charge in [-0.3, -0.25) is 14.4 Å². The van der Waals surface area contributed by atoms with Crippen LogP contribution >= 0.6 is 11.9 Å². The first-order valence-corrected chi connectivity index (χ1v) is 17.0. The zero-order valence-electron chi connectivity index (χ0n) is 29.2. The van der Waals surface area contributed by atoms with Crippen molar-refractivity contribution in [2.75, 3.05) is 70.7 Å². The van der Waals surface area contributed by atoms with Crippen molar-refractivity contribution in [2.45, 2.75) is 57.5 Å². The van der Waals surface area contributed by atoms with Crippen LogP contribution in [-0.4, -0.2) is 110 Å². The van der Waals surface area contributed by atoms with Crippen LogP contribution in [0.2, 0.25) is 0 Å². The molecule has 15 nitrogen and oxygen atoms in total. The van der Waals surface area contributed by atoms with Crippen molar-refractivity contribution in [2.24, 2.45) is 5.41 Å².